The number of nitrogens with zero attached hydrogens (tertiary/aromatic N) is 2. The summed E-state index contributed by atoms with van der Waals surface area (Å²) in [6.07, 6.45) is 3.10. The van der Waals surface area contributed by atoms with Gasteiger partial charge in [-0.05, 0) is 29.8 Å². The fraction of sp³-hybridized carbons (Fsp3) is 0.0455. The molecule has 0 saturated carbocycles. The highest BCUT2D eigenvalue weighted by Crippen LogP contribution is 2.42. The van der Waals surface area contributed by atoms with Crippen molar-refractivity contribution in [3.8, 4) is 0 Å². The molecule has 1 aliphatic rings. The number of ketones is 1. The molecule has 0 aliphatic carbocycles. The summed E-state index contributed by atoms with van der Waals surface area (Å²) in [5, 5.41) is 11.4. The molecule has 1 atom stereocenters. The van der Waals surface area contributed by atoms with Crippen molar-refractivity contribution in [3.63, 3.8) is 0 Å². The number of hydrogen-bond donors (Lipinski definition) is 1. The van der Waals surface area contributed by atoms with Gasteiger partial charge in [0.05, 0.1) is 23.5 Å². The van der Waals surface area contributed by atoms with Gasteiger partial charge < -0.3 is 5.11 Å². The van der Waals surface area contributed by atoms with Gasteiger partial charge in [-0.2, -0.15) is 0 Å². The summed E-state index contributed by atoms with van der Waals surface area (Å²) >= 11 is 6.01. The van der Waals surface area contributed by atoms with E-state index in [9.17, 15) is 14.7 Å². The molecule has 1 aliphatic heterocycles. The first-order valence-corrected chi connectivity index (χ1v) is 8.97. The van der Waals surface area contributed by atoms with E-state index in [0.717, 1.165) is 0 Å². The fourth-order valence-corrected chi connectivity index (χ4v) is 3.43. The number of hydrogen-bond acceptors (Lipinski definition) is 4. The maximum absolute atomic E-state index is 12.9. The molecule has 0 radical (unpaired) electrons. The van der Waals surface area contributed by atoms with Gasteiger partial charge in [0.15, 0.2) is 0 Å². The summed E-state index contributed by atoms with van der Waals surface area (Å²) in [5.74, 6) is -1.68. The van der Waals surface area contributed by atoms with Crippen LogP contribution in [0.25, 0.3) is 5.76 Å². The monoisotopic (exact) mass is 390 g/mol. The zero-order valence-corrected chi connectivity index (χ0v) is 15.4. The van der Waals surface area contributed by atoms with Gasteiger partial charge in [-0.25, -0.2) is 0 Å². The molecule has 1 saturated heterocycles. The minimum atomic E-state index is -0.790. The second kappa shape index (κ2) is 7.29. The van der Waals surface area contributed by atoms with Crippen molar-refractivity contribution in [1.29, 1.82) is 0 Å². The molecule has 2 aromatic carbocycles. The van der Waals surface area contributed by atoms with Crippen LogP contribution in [0.3, 0.4) is 0 Å². The molecule has 1 unspecified atom stereocenters. The molecule has 0 bridgehead atoms. The van der Waals surface area contributed by atoms with Crippen LogP contribution in [-0.2, 0) is 9.59 Å². The summed E-state index contributed by atoms with van der Waals surface area (Å²) in [4.78, 5) is 31.2. The van der Waals surface area contributed by atoms with Crippen LogP contribution in [0.15, 0.2) is 84.7 Å². The predicted octanol–water partition coefficient (Wildman–Crippen LogP) is 4.36. The number of rotatable bonds is 3. The van der Waals surface area contributed by atoms with Crippen molar-refractivity contribution in [2.24, 2.45) is 0 Å². The minimum Gasteiger partial charge on any atom is -0.507 e. The predicted molar refractivity (Wildman–Crippen MR) is 107 cm³/mol. The van der Waals surface area contributed by atoms with E-state index in [2.05, 4.69) is 4.98 Å². The minimum absolute atomic E-state index is 0.0300. The number of amides is 1. The van der Waals surface area contributed by atoms with E-state index in [1.807, 2.05) is 6.07 Å². The maximum Gasteiger partial charge on any atom is 0.300 e. The summed E-state index contributed by atoms with van der Waals surface area (Å²) < 4.78 is 0. The quantitative estimate of drug-likeness (QED) is 0.410. The third-order valence-electron chi connectivity index (χ3n) is 4.60. The lowest BCUT2D eigenvalue weighted by Crippen LogP contribution is -2.29. The summed E-state index contributed by atoms with van der Waals surface area (Å²) in [7, 11) is 0. The van der Waals surface area contributed by atoms with Crippen LogP contribution >= 0.6 is 11.6 Å². The Morgan fingerprint density at radius 1 is 0.964 bits per heavy atom. The molecule has 1 amide bonds. The second-order valence-corrected chi connectivity index (χ2v) is 6.73. The first kappa shape index (κ1) is 17.9. The SMILES string of the molecule is O=C1C(=O)N(c2cccnc2)C(c2ccc(Cl)cc2)/C1=C(\O)c1ccccc1. The number of carbonyl (C=O) groups excluding carboxylic acids is 2. The Morgan fingerprint density at radius 3 is 2.32 bits per heavy atom. The average molecular weight is 391 g/mol. The Labute approximate surface area is 166 Å². The molecule has 1 N–H and O–H groups in total. The number of carbonyl (C=O) groups is 2. The third kappa shape index (κ3) is 3.06. The van der Waals surface area contributed by atoms with Crippen molar-refractivity contribution in [2.75, 3.05) is 4.90 Å². The highest BCUT2D eigenvalue weighted by Gasteiger charge is 2.47. The van der Waals surface area contributed by atoms with Crippen LogP contribution in [0, 0.1) is 0 Å². The van der Waals surface area contributed by atoms with Crippen LogP contribution in [0.4, 0.5) is 5.69 Å². The van der Waals surface area contributed by atoms with Gasteiger partial charge in [-0.1, -0.05) is 54.1 Å². The van der Waals surface area contributed by atoms with Crippen molar-refractivity contribution in [3.05, 3.63) is 101 Å². The van der Waals surface area contributed by atoms with Crippen molar-refractivity contribution in [1.82, 2.24) is 4.98 Å². The lowest BCUT2D eigenvalue weighted by molar-refractivity contribution is -0.132. The Bertz CT molecular complexity index is 1060. The normalized spacial score (nSPS) is 18.5. The Hall–Kier alpha value is -3.44. The van der Waals surface area contributed by atoms with Gasteiger partial charge in [-0.3, -0.25) is 19.5 Å². The largest absolute Gasteiger partial charge is 0.507 e. The van der Waals surface area contributed by atoms with Gasteiger partial charge >= 0.3 is 0 Å². The molecule has 2 heterocycles. The van der Waals surface area contributed by atoms with Gasteiger partial charge in [0, 0.05) is 16.8 Å². The Kier molecular flexibility index (Phi) is 4.67. The van der Waals surface area contributed by atoms with E-state index in [1.165, 1.54) is 11.1 Å². The van der Waals surface area contributed by atoms with E-state index >= 15 is 0 Å². The molecule has 5 nitrogen and oxygen atoms in total. The van der Waals surface area contributed by atoms with Crippen LogP contribution in [-0.4, -0.2) is 21.8 Å². The number of anilines is 1. The zero-order valence-electron chi connectivity index (χ0n) is 14.6. The Morgan fingerprint density at radius 2 is 1.68 bits per heavy atom. The van der Waals surface area contributed by atoms with Gasteiger partial charge in [0.2, 0.25) is 0 Å². The van der Waals surface area contributed by atoms with E-state index in [1.54, 1.807) is 66.9 Å². The highest BCUT2D eigenvalue weighted by atomic mass is 35.5. The number of aliphatic hydroxyl groups is 1. The van der Waals surface area contributed by atoms with Crippen LogP contribution in [0.5, 0.6) is 0 Å². The molecular formula is C22H15ClN2O3. The standard InChI is InChI=1S/C22H15ClN2O3/c23-16-10-8-14(9-11-16)19-18(20(26)15-5-2-1-3-6-15)21(27)22(28)25(19)17-7-4-12-24-13-17/h1-13,19,26H/b20-18+. The average Bonchev–Trinajstić information content (AvgIpc) is 3.00. The maximum atomic E-state index is 12.9. The molecule has 138 valence electrons. The number of Topliss-reactive ketones (excluding diaryl/α,β-unsaturated/α-hetero) is 1. The topological polar surface area (TPSA) is 70.5 Å². The molecule has 3 aromatic rings. The van der Waals surface area contributed by atoms with E-state index in [-0.39, 0.29) is 11.3 Å². The molecule has 1 fully saturated rings. The number of benzene rings is 2. The second-order valence-electron chi connectivity index (χ2n) is 6.30. The molecule has 4 rings (SSSR count). The molecular weight excluding hydrogens is 376 g/mol. The fourth-order valence-electron chi connectivity index (χ4n) is 3.31. The summed E-state index contributed by atoms with van der Waals surface area (Å²) in [6, 6.07) is 18.1. The molecule has 1 aromatic heterocycles. The number of pyridine rings is 1. The Balaban J connectivity index is 1.95. The van der Waals surface area contributed by atoms with E-state index in [4.69, 9.17) is 11.6 Å². The molecule has 0 spiro atoms. The molecule has 28 heavy (non-hydrogen) atoms. The van der Waals surface area contributed by atoms with Gasteiger partial charge in [0.25, 0.3) is 11.7 Å². The van der Waals surface area contributed by atoms with E-state index < -0.39 is 17.7 Å². The zero-order chi connectivity index (χ0) is 19.7. The third-order valence-corrected chi connectivity index (χ3v) is 4.85. The first-order chi connectivity index (χ1) is 13.6. The number of aromatic nitrogens is 1. The highest BCUT2D eigenvalue weighted by molar-refractivity contribution is 6.51. The van der Waals surface area contributed by atoms with Crippen molar-refractivity contribution in [2.45, 2.75) is 6.04 Å². The molecule has 6 heteroatoms. The first-order valence-electron chi connectivity index (χ1n) is 8.60. The lowest BCUT2D eigenvalue weighted by Gasteiger charge is -2.25. The van der Waals surface area contributed by atoms with Crippen molar-refractivity contribution < 1.29 is 14.7 Å². The van der Waals surface area contributed by atoms with Crippen LogP contribution in [0.1, 0.15) is 17.2 Å². The van der Waals surface area contributed by atoms with Crippen molar-refractivity contribution >= 4 is 34.7 Å². The van der Waals surface area contributed by atoms with Crippen LogP contribution < -0.4 is 4.90 Å². The lowest BCUT2D eigenvalue weighted by atomic mass is 9.95. The van der Waals surface area contributed by atoms with Gasteiger partial charge in [-0.15, -0.1) is 0 Å². The van der Waals surface area contributed by atoms with E-state index in [0.29, 0.717) is 21.8 Å². The van der Waals surface area contributed by atoms with Crippen LogP contribution in [0.2, 0.25) is 5.02 Å². The smallest absolute Gasteiger partial charge is 0.300 e. The number of halogens is 1. The summed E-state index contributed by atoms with van der Waals surface area (Å²) in [6.45, 7) is 0. The number of aliphatic hydroxyl groups excluding tert-OH is 1. The van der Waals surface area contributed by atoms with Gasteiger partial charge in [0.1, 0.15) is 5.76 Å². The summed E-state index contributed by atoms with van der Waals surface area (Å²) in [5.41, 5.74) is 1.62.